The third kappa shape index (κ3) is 10.3. The highest BCUT2D eigenvalue weighted by atomic mass is 35.5. The Bertz CT molecular complexity index is 3090. The zero-order valence-electron chi connectivity index (χ0n) is 38.8. The van der Waals surface area contributed by atoms with Gasteiger partial charge in [0.25, 0.3) is 20.2 Å². The molecule has 7 rings (SSSR count). The molecule has 356 valence electrons. The number of allylic oxidation sites excluding steroid dienone is 4. The zero-order chi connectivity index (χ0) is 48.9. The molecule has 3 aliphatic heterocycles. The van der Waals surface area contributed by atoms with E-state index in [-0.39, 0.29) is 22.6 Å². The highest BCUT2D eigenvalue weighted by Crippen LogP contribution is 2.51. The highest BCUT2D eigenvalue weighted by Gasteiger charge is 2.46. The molecular weight excluding hydrogens is 914 g/mol. The maximum absolute atomic E-state index is 12.1. The lowest BCUT2D eigenvalue weighted by atomic mass is 9.79. The van der Waals surface area contributed by atoms with Gasteiger partial charge in [0, 0.05) is 71.5 Å². The number of unbranched alkanes of at least 4 members (excludes halogenated alkanes) is 4. The van der Waals surface area contributed by atoms with Crippen LogP contribution in [0.2, 0.25) is 0 Å². The lowest BCUT2D eigenvalue weighted by molar-refractivity contribution is -0.881. The summed E-state index contributed by atoms with van der Waals surface area (Å²) in [5.41, 5.74) is 6.76. The van der Waals surface area contributed by atoms with Gasteiger partial charge in [0.15, 0.2) is 5.71 Å². The van der Waals surface area contributed by atoms with Gasteiger partial charge in [-0.25, -0.2) is 0 Å². The normalized spacial score (nSPS) is 19.1. The third-order valence-electron chi connectivity index (χ3n) is 13.4. The lowest BCUT2D eigenvalue weighted by Gasteiger charge is -2.35. The number of anilines is 1. The average Bonchev–Trinajstić information content (AvgIpc) is 3.59. The highest BCUT2D eigenvalue weighted by molar-refractivity contribution is 7.86. The number of carbonyl (C=O) groups is 2. The summed E-state index contributed by atoms with van der Waals surface area (Å²) in [6.07, 6.45) is 12.7. The van der Waals surface area contributed by atoms with Crippen LogP contribution in [0.5, 0.6) is 0 Å². The summed E-state index contributed by atoms with van der Waals surface area (Å²) >= 11 is 7.44. The third-order valence-corrected chi connectivity index (χ3v) is 15.6. The van der Waals surface area contributed by atoms with E-state index in [9.17, 15) is 45.7 Å². The van der Waals surface area contributed by atoms with Gasteiger partial charge in [-0.3, -0.25) is 18.7 Å². The Morgan fingerprint density at radius 2 is 1.28 bits per heavy atom. The Kier molecular flexibility index (Phi) is 13.9. The molecule has 0 aliphatic carbocycles. The maximum atomic E-state index is 12.1. The molecule has 0 saturated heterocycles. The minimum atomic E-state index is -4.41. The molecule has 0 atom stereocenters. The van der Waals surface area contributed by atoms with Crippen molar-refractivity contribution in [1.82, 2.24) is 0 Å². The van der Waals surface area contributed by atoms with Crippen LogP contribution in [0.15, 0.2) is 117 Å². The van der Waals surface area contributed by atoms with Crippen molar-refractivity contribution in [1.29, 1.82) is 0 Å². The van der Waals surface area contributed by atoms with Gasteiger partial charge in [-0.15, -0.1) is 0 Å². The van der Waals surface area contributed by atoms with Crippen LogP contribution in [-0.4, -0.2) is 103 Å². The molecule has 0 aromatic heterocycles. The molecule has 0 saturated carbocycles. The number of quaternary nitrogens is 1. The number of nitrogens with zero attached hydrogens (tertiary/aromatic N) is 3. The van der Waals surface area contributed by atoms with Gasteiger partial charge in [-0.1, -0.05) is 56.1 Å². The Balaban J connectivity index is 1.29. The fourth-order valence-corrected chi connectivity index (χ4v) is 11.6. The molecule has 0 bridgehead atoms. The molecule has 3 heterocycles. The summed E-state index contributed by atoms with van der Waals surface area (Å²) in [4.78, 5) is 24.5. The first-order chi connectivity index (χ1) is 31.3. The Hall–Kier alpha value is -5.16. The number of fused-ring (bicyclic) bond motifs is 6. The minimum Gasteiger partial charge on any atom is -0.481 e. The number of halogens is 1. The quantitative estimate of drug-likeness (QED) is 0.0341. The smallest absolute Gasteiger partial charge is 0.303 e. The van der Waals surface area contributed by atoms with Crippen molar-refractivity contribution >= 4 is 82.4 Å². The maximum Gasteiger partial charge on any atom is 0.303 e. The largest absolute Gasteiger partial charge is 0.481 e. The van der Waals surface area contributed by atoms with Crippen LogP contribution < -0.4 is 4.90 Å². The van der Waals surface area contributed by atoms with E-state index in [0.29, 0.717) is 59.3 Å². The second kappa shape index (κ2) is 18.7. The number of rotatable bonds is 17. The minimum absolute atomic E-state index is 0.0981. The van der Waals surface area contributed by atoms with Crippen LogP contribution in [0.25, 0.3) is 21.5 Å². The summed E-state index contributed by atoms with van der Waals surface area (Å²) in [5.74, 6) is -1.65. The van der Waals surface area contributed by atoms with Gasteiger partial charge < -0.3 is 19.6 Å². The summed E-state index contributed by atoms with van der Waals surface area (Å²) in [6, 6.07) is 17.0. The van der Waals surface area contributed by atoms with Gasteiger partial charge in [-0.05, 0) is 115 Å². The number of likely N-dealkylation sites (N-methyl/N-ethyl adjacent to an activating group) is 1. The molecule has 0 radical (unpaired) electrons. The molecule has 4 N–H and O–H groups in total. The van der Waals surface area contributed by atoms with Gasteiger partial charge >= 0.3 is 11.9 Å². The van der Waals surface area contributed by atoms with Crippen molar-refractivity contribution in [2.24, 2.45) is 0 Å². The number of hydrogen-bond donors (Lipinski definition) is 4. The molecule has 0 fully saturated rings. The molecule has 13 nitrogen and oxygen atoms in total. The van der Waals surface area contributed by atoms with E-state index in [0.717, 1.165) is 81.5 Å². The van der Waals surface area contributed by atoms with Gasteiger partial charge in [-0.2, -0.15) is 21.4 Å². The zero-order valence-corrected chi connectivity index (χ0v) is 41.2. The molecule has 67 heavy (non-hydrogen) atoms. The summed E-state index contributed by atoms with van der Waals surface area (Å²) in [5, 5.41) is 22.2. The average molecular weight is 975 g/mol. The number of carboxylic acids is 2. The van der Waals surface area contributed by atoms with Crippen LogP contribution in [0.3, 0.4) is 0 Å². The summed E-state index contributed by atoms with van der Waals surface area (Å²) in [7, 11) is -4.52. The fraction of sp³-hybridized carbons (Fsp3) is 0.392. The van der Waals surface area contributed by atoms with Crippen molar-refractivity contribution in [2.45, 2.75) is 99.7 Å². The SMILES string of the molecule is CC1(C)C(/C=C/C2=C(Cl)C(=C/C=C3/N(CCCCCC(=O)O)c4ccc5cc(S(=O)(=O)O)ccc5c4C3(C)C)/C[N+](C)(C)C2)=[N+](CCCCCC(=O)O)c2ccc3cc(S(=O)(=O)O)ccc3c21. The van der Waals surface area contributed by atoms with E-state index < -0.39 is 43.0 Å². The molecule has 0 unspecified atom stereocenters. The predicted molar refractivity (Wildman–Crippen MR) is 263 cm³/mol. The van der Waals surface area contributed by atoms with Crippen molar-refractivity contribution in [3.8, 4) is 0 Å². The molecule has 4 aromatic carbocycles. The second-order valence-corrected chi connectivity index (χ2v) is 22.9. The van der Waals surface area contributed by atoms with E-state index >= 15 is 0 Å². The van der Waals surface area contributed by atoms with Crippen LogP contribution >= 0.6 is 11.6 Å². The van der Waals surface area contributed by atoms with Crippen LogP contribution in [-0.2, 0) is 40.7 Å². The Morgan fingerprint density at radius 3 is 1.87 bits per heavy atom. The van der Waals surface area contributed by atoms with Crippen molar-refractivity contribution in [3.63, 3.8) is 0 Å². The predicted octanol–water partition coefficient (Wildman–Crippen LogP) is 9.90. The van der Waals surface area contributed by atoms with E-state index in [1.54, 1.807) is 12.1 Å². The Morgan fingerprint density at radius 1 is 0.716 bits per heavy atom. The van der Waals surface area contributed by atoms with Crippen LogP contribution in [0.1, 0.15) is 90.2 Å². The van der Waals surface area contributed by atoms with E-state index in [1.165, 1.54) is 24.3 Å². The lowest BCUT2D eigenvalue weighted by Crippen LogP contribution is -2.45. The summed E-state index contributed by atoms with van der Waals surface area (Å²) in [6.45, 7) is 11.1. The molecule has 4 aromatic rings. The number of hydrogen-bond acceptors (Lipinski definition) is 7. The molecule has 16 heteroatoms. The van der Waals surface area contributed by atoms with E-state index in [4.69, 9.17) is 11.6 Å². The number of carboxylic acid groups (broad SMARTS) is 2. The molecular formula is C51H60ClN3O10S2+2. The first-order valence-electron chi connectivity index (χ1n) is 22.6. The molecule has 0 amide bonds. The van der Waals surface area contributed by atoms with Crippen LogP contribution in [0, 0.1) is 0 Å². The topological polar surface area (TPSA) is 190 Å². The van der Waals surface area contributed by atoms with Gasteiger partial charge in [0.1, 0.15) is 19.6 Å². The fourth-order valence-electron chi connectivity index (χ4n) is 10.3. The van der Waals surface area contributed by atoms with Crippen molar-refractivity contribution < 1.29 is 54.8 Å². The Labute approximate surface area is 398 Å². The second-order valence-electron chi connectivity index (χ2n) is 19.7. The van der Waals surface area contributed by atoms with Crippen LogP contribution in [0.4, 0.5) is 11.4 Å². The van der Waals surface area contributed by atoms with Crippen molar-refractivity contribution in [2.75, 3.05) is 45.2 Å². The summed E-state index contributed by atoms with van der Waals surface area (Å²) < 4.78 is 70.8. The monoisotopic (exact) mass is 973 g/mol. The standard InChI is InChI=1S/C51H58ClN3O10S2/c1-50(2)43(53(27-11-7-9-13-45(56)57)41-23-15-33-29-37(66(60,61)62)19-21-39(33)47(41)50)25-17-35-31-55(5,6)32-36(49(35)52)18-26-44-51(3,4)48-40-22-20-38(67(63,64)65)30-34(40)16-24-42(48)54(44)28-12-8-10-14-46(58)59/h15-26,29-30H,7-14,27-28,31-32H2,1-6H3,(H2-2,56,57,58,59,60,61,62,63,64,65)/p+2. The molecule has 3 aliphatic rings. The first-order valence-corrected chi connectivity index (χ1v) is 25.8. The van der Waals surface area contributed by atoms with Gasteiger partial charge in [0.2, 0.25) is 5.69 Å². The van der Waals surface area contributed by atoms with Gasteiger partial charge in [0.05, 0.1) is 34.3 Å². The number of benzene rings is 4. The first kappa shape index (κ1) is 49.7. The molecule has 0 spiro atoms. The van der Waals surface area contributed by atoms with E-state index in [2.05, 4.69) is 75.6 Å². The van der Waals surface area contributed by atoms with Crippen molar-refractivity contribution in [3.05, 3.63) is 118 Å². The number of aliphatic carboxylic acids is 2. The van der Waals surface area contributed by atoms with E-state index in [1.807, 2.05) is 24.3 Å².